The quantitative estimate of drug-likeness (QED) is 0.515. The number of hydrogen-bond acceptors (Lipinski definition) is 5. The van der Waals surface area contributed by atoms with Crippen LogP contribution in [0.5, 0.6) is 0 Å². The molecule has 1 unspecified atom stereocenters. The Balaban J connectivity index is 1.23. The molecule has 6 rings (SSSR count). The standard InChI is InChI=1S/C32H39N5O3/c33-26-13-17-37(28(19-26)25-11-5-2-6-12-25)30(39)35-18-16-32(40,31(21-35)14-7-8-15-31)22-36-23-34-27(20-29(36)38)24-9-3-1-4-10-24/h1-6,9-12,20,23,26,28,40H,7-8,13-19,21-22,33H2/t26-,28-,32?/m0/s1. The molecule has 0 bridgehead atoms. The molecule has 0 radical (unpaired) electrons. The minimum absolute atomic E-state index is 0.0279. The van der Waals surface area contributed by atoms with E-state index in [4.69, 9.17) is 5.73 Å². The monoisotopic (exact) mass is 541 g/mol. The van der Waals surface area contributed by atoms with Crippen LogP contribution >= 0.6 is 0 Å². The highest BCUT2D eigenvalue weighted by Crippen LogP contribution is 2.52. The maximum atomic E-state index is 14.0. The molecule has 2 saturated heterocycles. The van der Waals surface area contributed by atoms with Crippen molar-refractivity contribution < 1.29 is 9.90 Å². The molecule has 210 valence electrons. The SMILES string of the molecule is N[C@H]1CCN(C(=O)N2CCC(O)(Cn3cnc(-c4ccccc4)cc3=O)C3(CCCC3)C2)[C@H](c2ccccc2)C1. The highest BCUT2D eigenvalue weighted by Gasteiger charge is 2.56. The van der Waals surface area contributed by atoms with Crippen molar-refractivity contribution in [2.45, 2.75) is 69.2 Å². The summed E-state index contributed by atoms with van der Waals surface area (Å²) in [6, 6.07) is 21.4. The van der Waals surface area contributed by atoms with E-state index in [1.54, 1.807) is 17.0 Å². The molecule has 8 nitrogen and oxygen atoms in total. The molecular weight excluding hydrogens is 502 g/mol. The van der Waals surface area contributed by atoms with Crippen LogP contribution in [0.15, 0.2) is 77.9 Å². The lowest BCUT2D eigenvalue weighted by Crippen LogP contribution is -2.64. The molecular formula is C32H39N5O3. The number of carbonyl (C=O) groups is 1. The summed E-state index contributed by atoms with van der Waals surface area (Å²) in [7, 11) is 0. The molecule has 1 saturated carbocycles. The molecule has 1 aliphatic carbocycles. The van der Waals surface area contributed by atoms with Crippen LogP contribution in [-0.4, -0.2) is 61.8 Å². The van der Waals surface area contributed by atoms with Crippen LogP contribution in [0.25, 0.3) is 11.3 Å². The van der Waals surface area contributed by atoms with Gasteiger partial charge in [-0.25, -0.2) is 9.78 Å². The summed E-state index contributed by atoms with van der Waals surface area (Å²) in [4.78, 5) is 35.7. The van der Waals surface area contributed by atoms with Crippen molar-refractivity contribution in [3.63, 3.8) is 0 Å². The maximum Gasteiger partial charge on any atom is 0.320 e. The fraction of sp³-hybridized carbons (Fsp3) is 0.469. The Hall–Kier alpha value is -3.49. The van der Waals surface area contributed by atoms with E-state index in [-0.39, 0.29) is 30.2 Å². The molecule has 8 heteroatoms. The minimum atomic E-state index is -1.09. The maximum absolute atomic E-state index is 14.0. The summed E-state index contributed by atoms with van der Waals surface area (Å²) in [5, 5.41) is 12.2. The summed E-state index contributed by atoms with van der Waals surface area (Å²) >= 11 is 0. The van der Waals surface area contributed by atoms with Crippen LogP contribution in [0.4, 0.5) is 4.79 Å². The Labute approximate surface area is 235 Å². The number of urea groups is 1. The van der Waals surface area contributed by atoms with E-state index in [1.165, 1.54) is 0 Å². The molecule has 3 atom stereocenters. The number of nitrogens with two attached hydrogens (primary N) is 1. The Morgan fingerprint density at radius 1 is 1.00 bits per heavy atom. The van der Waals surface area contributed by atoms with Gasteiger partial charge in [-0.05, 0) is 37.7 Å². The van der Waals surface area contributed by atoms with E-state index in [0.717, 1.165) is 49.7 Å². The van der Waals surface area contributed by atoms with Crippen LogP contribution in [0, 0.1) is 5.41 Å². The molecule has 3 aliphatic rings. The van der Waals surface area contributed by atoms with Crippen LogP contribution in [0.3, 0.4) is 0 Å². The zero-order valence-corrected chi connectivity index (χ0v) is 23.0. The van der Waals surface area contributed by atoms with Crippen molar-refractivity contribution in [1.82, 2.24) is 19.4 Å². The third kappa shape index (κ3) is 4.95. The molecule has 3 heterocycles. The van der Waals surface area contributed by atoms with Gasteiger partial charge < -0.3 is 20.6 Å². The number of piperidine rings is 2. The van der Waals surface area contributed by atoms with Gasteiger partial charge in [-0.2, -0.15) is 0 Å². The van der Waals surface area contributed by atoms with Gasteiger partial charge in [0, 0.05) is 42.7 Å². The van der Waals surface area contributed by atoms with Crippen molar-refractivity contribution >= 4 is 6.03 Å². The Bertz CT molecular complexity index is 1390. The van der Waals surface area contributed by atoms with Crippen LogP contribution in [-0.2, 0) is 6.54 Å². The lowest BCUT2D eigenvalue weighted by atomic mass is 9.66. The van der Waals surface area contributed by atoms with E-state index in [2.05, 4.69) is 17.1 Å². The summed E-state index contributed by atoms with van der Waals surface area (Å²) in [5.41, 5.74) is 7.24. The van der Waals surface area contributed by atoms with Gasteiger partial charge in [-0.15, -0.1) is 0 Å². The van der Waals surface area contributed by atoms with E-state index < -0.39 is 11.0 Å². The van der Waals surface area contributed by atoms with Gasteiger partial charge in [0.15, 0.2) is 0 Å². The van der Waals surface area contributed by atoms with E-state index in [9.17, 15) is 14.7 Å². The van der Waals surface area contributed by atoms with Crippen molar-refractivity contribution in [3.05, 3.63) is 89.0 Å². The van der Waals surface area contributed by atoms with Crippen molar-refractivity contribution in [3.8, 4) is 11.3 Å². The molecule has 3 N–H and O–H groups in total. The third-order valence-electron chi connectivity index (χ3n) is 9.56. The lowest BCUT2D eigenvalue weighted by Gasteiger charge is -2.53. The number of nitrogens with zero attached hydrogens (tertiary/aromatic N) is 4. The lowest BCUT2D eigenvalue weighted by molar-refractivity contribution is -0.137. The second-order valence-electron chi connectivity index (χ2n) is 12.0. The third-order valence-corrected chi connectivity index (χ3v) is 9.56. The average Bonchev–Trinajstić information content (AvgIpc) is 3.46. The number of rotatable bonds is 4. The molecule has 1 spiro atoms. The number of amides is 2. The van der Waals surface area contributed by atoms with Gasteiger partial charge in [-0.3, -0.25) is 9.36 Å². The first-order valence-electron chi connectivity index (χ1n) is 14.6. The Morgan fingerprint density at radius 3 is 2.40 bits per heavy atom. The largest absolute Gasteiger partial charge is 0.387 e. The fourth-order valence-corrected chi connectivity index (χ4v) is 7.25. The summed E-state index contributed by atoms with van der Waals surface area (Å²) < 4.78 is 1.54. The fourth-order valence-electron chi connectivity index (χ4n) is 7.25. The van der Waals surface area contributed by atoms with Crippen LogP contribution in [0.2, 0.25) is 0 Å². The Kier molecular flexibility index (Phi) is 7.23. The van der Waals surface area contributed by atoms with Crippen molar-refractivity contribution in [2.24, 2.45) is 11.1 Å². The first kappa shape index (κ1) is 26.7. The van der Waals surface area contributed by atoms with Crippen LogP contribution < -0.4 is 11.3 Å². The zero-order chi connectivity index (χ0) is 27.7. The van der Waals surface area contributed by atoms with Crippen molar-refractivity contribution in [2.75, 3.05) is 19.6 Å². The van der Waals surface area contributed by atoms with Crippen LogP contribution in [0.1, 0.15) is 56.6 Å². The molecule has 1 aromatic heterocycles. The number of likely N-dealkylation sites (tertiary alicyclic amines) is 2. The average molecular weight is 542 g/mol. The summed E-state index contributed by atoms with van der Waals surface area (Å²) in [5.74, 6) is 0. The van der Waals surface area contributed by atoms with Gasteiger partial charge in [-0.1, -0.05) is 73.5 Å². The van der Waals surface area contributed by atoms with Crippen molar-refractivity contribution in [1.29, 1.82) is 0 Å². The number of benzene rings is 2. The first-order valence-corrected chi connectivity index (χ1v) is 14.6. The van der Waals surface area contributed by atoms with E-state index >= 15 is 0 Å². The van der Waals surface area contributed by atoms with E-state index in [0.29, 0.717) is 31.7 Å². The highest BCUT2D eigenvalue weighted by atomic mass is 16.3. The topological polar surface area (TPSA) is 105 Å². The number of hydrogen-bond donors (Lipinski definition) is 2. The zero-order valence-electron chi connectivity index (χ0n) is 23.0. The second-order valence-corrected chi connectivity index (χ2v) is 12.0. The summed E-state index contributed by atoms with van der Waals surface area (Å²) in [6.07, 6.45) is 7.21. The van der Waals surface area contributed by atoms with Gasteiger partial charge in [0.1, 0.15) is 0 Å². The number of aromatic nitrogens is 2. The molecule has 2 aromatic carbocycles. The van der Waals surface area contributed by atoms with Gasteiger partial charge in [0.05, 0.1) is 30.2 Å². The highest BCUT2D eigenvalue weighted by molar-refractivity contribution is 5.75. The predicted octanol–water partition coefficient (Wildman–Crippen LogP) is 4.19. The van der Waals surface area contributed by atoms with Gasteiger partial charge in [0.25, 0.3) is 5.56 Å². The van der Waals surface area contributed by atoms with Gasteiger partial charge in [0.2, 0.25) is 0 Å². The molecule has 2 amide bonds. The van der Waals surface area contributed by atoms with Gasteiger partial charge >= 0.3 is 6.03 Å². The first-order chi connectivity index (χ1) is 19.4. The second kappa shape index (κ2) is 10.8. The normalized spacial score (nSPS) is 26.2. The molecule has 3 aromatic rings. The molecule has 3 fully saturated rings. The minimum Gasteiger partial charge on any atom is -0.387 e. The molecule has 40 heavy (non-hydrogen) atoms. The Morgan fingerprint density at radius 2 is 1.70 bits per heavy atom. The predicted molar refractivity (Wildman–Crippen MR) is 154 cm³/mol. The number of carbonyl (C=O) groups excluding carboxylic acids is 1. The molecule has 2 aliphatic heterocycles. The smallest absolute Gasteiger partial charge is 0.320 e. The summed E-state index contributed by atoms with van der Waals surface area (Å²) in [6.45, 7) is 1.76. The number of aliphatic hydroxyl groups is 1. The van der Waals surface area contributed by atoms with E-state index in [1.807, 2.05) is 58.3 Å².